The predicted octanol–water partition coefficient (Wildman–Crippen LogP) is 5.81. The number of rotatable bonds is 7. The van der Waals surface area contributed by atoms with E-state index in [1.807, 2.05) is 0 Å². The lowest BCUT2D eigenvalue weighted by molar-refractivity contribution is 0.0490. The molecule has 1 aromatic carbocycles. The molecule has 0 saturated carbocycles. The molecular formula is C18H29BrO2. The summed E-state index contributed by atoms with van der Waals surface area (Å²) in [7, 11) is 1.65. The van der Waals surface area contributed by atoms with Crippen LogP contribution in [0.25, 0.3) is 0 Å². The maximum atomic E-state index is 5.84. The van der Waals surface area contributed by atoms with E-state index in [1.54, 1.807) is 7.11 Å². The summed E-state index contributed by atoms with van der Waals surface area (Å²) < 4.78 is 11.9. The van der Waals surface area contributed by atoms with Crippen molar-refractivity contribution in [1.82, 2.24) is 0 Å². The van der Waals surface area contributed by atoms with Gasteiger partial charge in [0.05, 0.1) is 4.47 Å². The summed E-state index contributed by atoms with van der Waals surface area (Å²) in [4.78, 5) is 0. The molecule has 1 rings (SSSR count). The Morgan fingerprint density at radius 3 is 2.05 bits per heavy atom. The van der Waals surface area contributed by atoms with E-state index in [0.29, 0.717) is 0 Å². The fourth-order valence-electron chi connectivity index (χ4n) is 2.15. The Hall–Kier alpha value is -0.540. The van der Waals surface area contributed by atoms with E-state index in [0.717, 1.165) is 23.1 Å². The standard InChI is InChI=1S/C18H29BrO2/c1-8-17(3,4)13-10-14(18(5,6)9-2)16(15(19)11-13)21-12-20-7/h10-11H,8-9,12H2,1-7H3. The largest absolute Gasteiger partial charge is 0.466 e. The van der Waals surface area contributed by atoms with Gasteiger partial charge in [-0.1, -0.05) is 47.6 Å². The Morgan fingerprint density at radius 2 is 1.57 bits per heavy atom. The maximum Gasteiger partial charge on any atom is 0.188 e. The van der Waals surface area contributed by atoms with Gasteiger partial charge in [0, 0.05) is 12.7 Å². The molecule has 0 N–H and O–H groups in total. The van der Waals surface area contributed by atoms with Crippen molar-refractivity contribution in [2.75, 3.05) is 13.9 Å². The van der Waals surface area contributed by atoms with Gasteiger partial charge < -0.3 is 9.47 Å². The van der Waals surface area contributed by atoms with Gasteiger partial charge >= 0.3 is 0 Å². The lowest BCUT2D eigenvalue weighted by Gasteiger charge is -2.31. The fraction of sp³-hybridized carbons (Fsp3) is 0.667. The van der Waals surface area contributed by atoms with Crippen LogP contribution in [0.4, 0.5) is 0 Å². The summed E-state index contributed by atoms with van der Waals surface area (Å²) in [5, 5.41) is 0. The second kappa shape index (κ2) is 7.15. The van der Waals surface area contributed by atoms with Crippen molar-refractivity contribution in [3.8, 4) is 5.75 Å². The molecule has 0 bridgehead atoms. The van der Waals surface area contributed by atoms with Crippen LogP contribution >= 0.6 is 15.9 Å². The van der Waals surface area contributed by atoms with Gasteiger partial charge in [-0.25, -0.2) is 0 Å². The number of methoxy groups -OCH3 is 1. The maximum absolute atomic E-state index is 5.84. The normalized spacial score (nSPS) is 12.6. The molecule has 120 valence electrons. The summed E-state index contributed by atoms with van der Waals surface area (Å²) in [5.74, 6) is 0.902. The summed E-state index contributed by atoms with van der Waals surface area (Å²) >= 11 is 3.69. The monoisotopic (exact) mass is 356 g/mol. The summed E-state index contributed by atoms with van der Waals surface area (Å²) in [6, 6.07) is 4.49. The Labute approximate surface area is 138 Å². The summed E-state index contributed by atoms with van der Waals surface area (Å²) in [6.07, 6.45) is 2.16. The van der Waals surface area contributed by atoms with Crippen LogP contribution in [-0.4, -0.2) is 13.9 Å². The van der Waals surface area contributed by atoms with Crippen molar-refractivity contribution in [3.05, 3.63) is 27.7 Å². The molecule has 2 nitrogen and oxygen atoms in total. The highest BCUT2D eigenvalue weighted by Crippen LogP contribution is 2.42. The zero-order valence-electron chi connectivity index (χ0n) is 14.5. The van der Waals surface area contributed by atoms with Gasteiger partial charge in [-0.15, -0.1) is 0 Å². The quantitative estimate of drug-likeness (QED) is 0.574. The van der Waals surface area contributed by atoms with Gasteiger partial charge in [0.1, 0.15) is 5.75 Å². The first-order chi connectivity index (χ1) is 9.69. The van der Waals surface area contributed by atoms with Crippen molar-refractivity contribution in [2.45, 2.75) is 65.2 Å². The topological polar surface area (TPSA) is 18.5 Å². The lowest BCUT2D eigenvalue weighted by atomic mass is 9.76. The number of halogens is 1. The third-order valence-corrected chi connectivity index (χ3v) is 5.23. The molecule has 0 aliphatic carbocycles. The lowest BCUT2D eigenvalue weighted by Crippen LogP contribution is -2.22. The number of hydrogen-bond acceptors (Lipinski definition) is 2. The van der Waals surface area contributed by atoms with Gasteiger partial charge in [-0.2, -0.15) is 0 Å². The molecule has 1 aromatic rings. The minimum Gasteiger partial charge on any atom is -0.466 e. The first-order valence-corrected chi connectivity index (χ1v) is 8.45. The van der Waals surface area contributed by atoms with Crippen LogP contribution in [0.2, 0.25) is 0 Å². The van der Waals surface area contributed by atoms with Crippen molar-refractivity contribution < 1.29 is 9.47 Å². The molecule has 0 aromatic heterocycles. The van der Waals surface area contributed by atoms with Crippen molar-refractivity contribution in [3.63, 3.8) is 0 Å². The highest BCUT2D eigenvalue weighted by atomic mass is 79.9. The molecule has 0 atom stereocenters. The molecule has 0 aliphatic rings. The predicted molar refractivity (Wildman–Crippen MR) is 93.3 cm³/mol. The molecular weight excluding hydrogens is 328 g/mol. The van der Waals surface area contributed by atoms with Crippen LogP contribution in [0.5, 0.6) is 5.75 Å². The summed E-state index contributed by atoms with van der Waals surface area (Å²) in [5.41, 5.74) is 2.80. The van der Waals surface area contributed by atoms with Crippen molar-refractivity contribution >= 4 is 15.9 Å². The molecule has 0 aliphatic heterocycles. The molecule has 0 heterocycles. The van der Waals surface area contributed by atoms with Gasteiger partial charge in [-0.05, 0) is 51.2 Å². The average Bonchev–Trinajstić information content (AvgIpc) is 2.45. The highest BCUT2D eigenvalue weighted by molar-refractivity contribution is 9.10. The Kier molecular flexibility index (Phi) is 6.30. The van der Waals surface area contributed by atoms with E-state index in [1.165, 1.54) is 11.1 Å². The van der Waals surface area contributed by atoms with E-state index < -0.39 is 0 Å². The van der Waals surface area contributed by atoms with E-state index in [2.05, 4.69) is 69.6 Å². The van der Waals surface area contributed by atoms with Crippen LogP contribution in [-0.2, 0) is 15.6 Å². The zero-order chi connectivity index (χ0) is 16.3. The third kappa shape index (κ3) is 4.23. The SMILES string of the molecule is CCC(C)(C)c1cc(Br)c(OCOC)c(C(C)(C)CC)c1. The van der Waals surface area contributed by atoms with Crippen LogP contribution in [0, 0.1) is 0 Å². The molecule has 3 heteroatoms. The second-order valence-corrected chi connectivity index (χ2v) is 7.71. The van der Waals surface area contributed by atoms with E-state index in [9.17, 15) is 0 Å². The van der Waals surface area contributed by atoms with E-state index in [-0.39, 0.29) is 17.6 Å². The molecule has 0 fully saturated rings. The minimum absolute atomic E-state index is 0.0609. The van der Waals surface area contributed by atoms with Crippen molar-refractivity contribution in [1.29, 1.82) is 0 Å². The summed E-state index contributed by atoms with van der Waals surface area (Å²) in [6.45, 7) is 13.8. The van der Waals surface area contributed by atoms with E-state index >= 15 is 0 Å². The smallest absolute Gasteiger partial charge is 0.188 e. The molecule has 0 spiro atoms. The fourth-order valence-corrected chi connectivity index (χ4v) is 2.72. The Balaban J connectivity index is 3.46. The molecule has 0 radical (unpaired) electrons. The number of benzene rings is 1. The van der Waals surface area contributed by atoms with Crippen molar-refractivity contribution in [2.24, 2.45) is 0 Å². The van der Waals surface area contributed by atoms with Crippen LogP contribution in [0.3, 0.4) is 0 Å². The van der Waals surface area contributed by atoms with Gasteiger partial charge in [0.15, 0.2) is 6.79 Å². The van der Waals surface area contributed by atoms with Crippen LogP contribution in [0.15, 0.2) is 16.6 Å². The molecule has 21 heavy (non-hydrogen) atoms. The van der Waals surface area contributed by atoms with Gasteiger partial charge in [0.2, 0.25) is 0 Å². The zero-order valence-corrected chi connectivity index (χ0v) is 16.1. The van der Waals surface area contributed by atoms with Crippen LogP contribution in [0.1, 0.15) is 65.5 Å². The Bertz CT molecular complexity index is 478. The minimum atomic E-state index is 0.0609. The second-order valence-electron chi connectivity index (χ2n) is 6.86. The number of ether oxygens (including phenoxy) is 2. The van der Waals surface area contributed by atoms with Gasteiger partial charge in [-0.3, -0.25) is 0 Å². The number of hydrogen-bond donors (Lipinski definition) is 0. The first kappa shape index (κ1) is 18.5. The van der Waals surface area contributed by atoms with E-state index in [4.69, 9.17) is 9.47 Å². The Morgan fingerprint density at radius 1 is 1.00 bits per heavy atom. The molecule has 0 saturated heterocycles. The highest BCUT2D eigenvalue weighted by Gasteiger charge is 2.28. The van der Waals surface area contributed by atoms with Gasteiger partial charge in [0.25, 0.3) is 0 Å². The first-order valence-electron chi connectivity index (χ1n) is 7.65. The third-order valence-electron chi connectivity index (χ3n) is 4.64. The molecule has 0 unspecified atom stereocenters. The average molecular weight is 357 g/mol. The van der Waals surface area contributed by atoms with Crippen LogP contribution < -0.4 is 4.74 Å². The molecule has 0 amide bonds.